The average molecular weight is 447 g/mol. The van der Waals surface area contributed by atoms with Crippen molar-refractivity contribution in [3.05, 3.63) is 58.6 Å². The molecule has 0 bridgehead atoms. The number of amides is 1. The summed E-state index contributed by atoms with van der Waals surface area (Å²) in [5, 5.41) is 2.91. The maximum absolute atomic E-state index is 12.8. The van der Waals surface area contributed by atoms with E-state index in [9.17, 15) is 26.4 Å². The number of nitrogens with one attached hydrogen (secondary N) is 2. The first-order valence-corrected chi connectivity index (χ1v) is 10.7. The number of sulfonamides is 1. The SMILES string of the molecule is O=C(NC1CCCC1)c1cc(S(=O)(=O)Nc2cccc(C(F)(F)F)c2)ccc1Cl. The van der Waals surface area contributed by atoms with Crippen molar-refractivity contribution in [2.45, 2.75) is 42.8 Å². The Hall–Kier alpha value is -2.26. The molecule has 1 fully saturated rings. The molecular weight excluding hydrogens is 429 g/mol. The van der Waals surface area contributed by atoms with Crippen LogP contribution in [0.25, 0.3) is 0 Å². The van der Waals surface area contributed by atoms with Crippen LogP contribution in [-0.4, -0.2) is 20.4 Å². The number of hydrogen-bond donors (Lipinski definition) is 2. The fraction of sp³-hybridized carbons (Fsp3) is 0.316. The van der Waals surface area contributed by atoms with Crippen molar-refractivity contribution in [3.63, 3.8) is 0 Å². The Kier molecular flexibility index (Phi) is 6.09. The van der Waals surface area contributed by atoms with Crippen molar-refractivity contribution in [3.8, 4) is 0 Å². The van der Waals surface area contributed by atoms with Gasteiger partial charge in [0.05, 0.1) is 21.0 Å². The quantitative estimate of drug-likeness (QED) is 0.690. The van der Waals surface area contributed by atoms with E-state index < -0.39 is 27.7 Å². The van der Waals surface area contributed by atoms with Gasteiger partial charge in [-0.05, 0) is 49.2 Å². The van der Waals surface area contributed by atoms with Crippen molar-refractivity contribution in [1.82, 2.24) is 5.32 Å². The van der Waals surface area contributed by atoms with E-state index in [1.54, 1.807) is 0 Å². The van der Waals surface area contributed by atoms with Crippen molar-refractivity contribution >= 4 is 33.2 Å². The molecule has 2 aromatic rings. The highest BCUT2D eigenvalue weighted by molar-refractivity contribution is 7.92. The zero-order chi connectivity index (χ0) is 21.2. The lowest BCUT2D eigenvalue weighted by Gasteiger charge is -2.14. The molecule has 156 valence electrons. The van der Waals surface area contributed by atoms with E-state index in [1.807, 2.05) is 0 Å². The molecule has 10 heteroatoms. The van der Waals surface area contributed by atoms with E-state index in [2.05, 4.69) is 10.0 Å². The molecule has 0 aliphatic heterocycles. The highest BCUT2D eigenvalue weighted by atomic mass is 35.5. The molecule has 2 N–H and O–H groups in total. The minimum Gasteiger partial charge on any atom is -0.349 e. The Morgan fingerprint density at radius 1 is 1.07 bits per heavy atom. The summed E-state index contributed by atoms with van der Waals surface area (Å²) < 4.78 is 65.9. The molecule has 3 rings (SSSR count). The summed E-state index contributed by atoms with van der Waals surface area (Å²) in [6.07, 6.45) is -0.897. The summed E-state index contributed by atoms with van der Waals surface area (Å²) in [4.78, 5) is 12.2. The molecule has 1 aliphatic carbocycles. The topological polar surface area (TPSA) is 75.3 Å². The molecule has 5 nitrogen and oxygen atoms in total. The van der Waals surface area contributed by atoms with Gasteiger partial charge in [-0.15, -0.1) is 0 Å². The molecule has 0 unspecified atom stereocenters. The second-order valence-electron chi connectivity index (χ2n) is 6.78. The van der Waals surface area contributed by atoms with E-state index in [0.717, 1.165) is 43.9 Å². The van der Waals surface area contributed by atoms with Crippen LogP contribution < -0.4 is 10.0 Å². The summed E-state index contributed by atoms with van der Waals surface area (Å²) in [6.45, 7) is 0. The molecule has 1 amide bonds. The molecule has 29 heavy (non-hydrogen) atoms. The predicted molar refractivity (Wildman–Crippen MR) is 103 cm³/mol. The van der Waals surface area contributed by atoms with Crippen LogP contribution in [0, 0.1) is 0 Å². The minimum atomic E-state index is -4.60. The second-order valence-corrected chi connectivity index (χ2v) is 8.87. The third-order valence-electron chi connectivity index (χ3n) is 4.63. The van der Waals surface area contributed by atoms with Crippen LogP contribution in [0.2, 0.25) is 5.02 Å². The van der Waals surface area contributed by atoms with Gasteiger partial charge in [0.25, 0.3) is 15.9 Å². The van der Waals surface area contributed by atoms with Gasteiger partial charge in [0.1, 0.15) is 0 Å². The number of halogens is 4. The predicted octanol–water partition coefficient (Wildman–Crippen LogP) is 4.83. The van der Waals surface area contributed by atoms with E-state index in [4.69, 9.17) is 11.6 Å². The lowest BCUT2D eigenvalue weighted by Crippen LogP contribution is -2.32. The maximum atomic E-state index is 12.8. The van der Waals surface area contributed by atoms with Gasteiger partial charge in [-0.1, -0.05) is 30.5 Å². The minimum absolute atomic E-state index is 0.00881. The van der Waals surface area contributed by atoms with Crippen LogP contribution >= 0.6 is 11.6 Å². The number of rotatable bonds is 5. The fourth-order valence-corrected chi connectivity index (χ4v) is 4.43. The maximum Gasteiger partial charge on any atom is 0.416 e. The standard InChI is InChI=1S/C19H18ClF3N2O3S/c20-17-9-8-15(11-16(17)18(26)24-13-5-1-2-6-13)29(27,28)25-14-7-3-4-12(10-14)19(21,22)23/h3-4,7-11,13,25H,1-2,5-6H2,(H,24,26). The molecule has 0 spiro atoms. The Bertz CT molecular complexity index is 1020. The van der Waals surface area contributed by atoms with Gasteiger partial charge in [0.2, 0.25) is 0 Å². The molecule has 1 saturated carbocycles. The van der Waals surface area contributed by atoms with Crippen LogP contribution in [0.5, 0.6) is 0 Å². The zero-order valence-corrected chi connectivity index (χ0v) is 16.7. The van der Waals surface area contributed by atoms with Crippen molar-refractivity contribution in [2.24, 2.45) is 0 Å². The summed E-state index contributed by atoms with van der Waals surface area (Å²) in [7, 11) is -4.23. The number of benzene rings is 2. The Balaban J connectivity index is 1.84. The largest absolute Gasteiger partial charge is 0.416 e. The van der Waals surface area contributed by atoms with E-state index in [0.29, 0.717) is 6.07 Å². The first-order valence-electron chi connectivity index (χ1n) is 8.87. The van der Waals surface area contributed by atoms with Crippen molar-refractivity contribution in [2.75, 3.05) is 4.72 Å². The molecule has 0 radical (unpaired) electrons. The molecule has 1 aliphatic rings. The smallest absolute Gasteiger partial charge is 0.349 e. The van der Waals surface area contributed by atoms with Gasteiger partial charge in [-0.3, -0.25) is 9.52 Å². The van der Waals surface area contributed by atoms with Gasteiger partial charge >= 0.3 is 6.18 Å². The molecule has 0 atom stereocenters. The number of alkyl halides is 3. The lowest BCUT2D eigenvalue weighted by atomic mass is 10.2. The summed E-state index contributed by atoms with van der Waals surface area (Å²) >= 11 is 6.06. The van der Waals surface area contributed by atoms with Crippen LogP contribution in [0.1, 0.15) is 41.6 Å². The monoisotopic (exact) mass is 446 g/mol. The normalized spacial score (nSPS) is 15.3. The molecule has 0 saturated heterocycles. The van der Waals surface area contributed by atoms with Gasteiger partial charge in [-0.25, -0.2) is 8.42 Å². The number of hydrogen-bond acceptors (Lipinski definition) is 3. The summed E-state index contributed by atoms with van der Waals surface area (Å²) in [5.74, 6) is -0.488. The zero-order valence-electron chi connectivity index (χ0n) is 15.1. The van der Waals surface area contributed by atoms with E-state index in [-0.39, 0.29) is 27.2 Å². The van der Waals surface area contributed by atoms with Gasteiger partial charge in [0.15, 0.2) is 0 Å². The Morgan fingerprint density at radius 2 is 1.76 bits per heavy atom. The van der Waals surface area contributed by atoms with Crippen molar-refractivity contribution in [1.29, 1.82) is 0 Å². The third-order valence-corrected chi connectivity index (χ3v) is 6.33. The van der Waals surface area contributed by atoms with Crippen LogP contribution in [0.4, 0.5) is 18.9 Å². The molecule has 2 aromatic carbocycles. The fourth-order valence-electron chi connectivity index (χ4n) is 3.15. The average Bonchev–Trinajstić information content (AvgIpc) is 3.14. The van der Waals surface area contributed by atoms with E-state index >= 15 is 0 Å². The van der Waals surface area contributed by atoms with Crippen molar-refractivity contribution < 1.29 is 26.4 Å². The first-order chi connectivity index (χ1) is 13.6. The third kappa shape index (κ3) is 5.22. The first kappa shape index (κ1) is 21.4. The lowest BCUT2D eigenvalue weighted by molar-refractivity contribution is -0.137. The van der Waals surface area contributed by atoms with Crippen LogP contribution in [-0.2, 0) is 16.2 Å². The number of anilines is 1. The van der Waals surface area contributed by atoms with E-state index in [1.165, 1.54) is 18.2 Å². The summed E-state index contributed by atoms with van der Waals surface area (Å²) in [6, 6.07) is 7.42. The highest BCUT2D eigenvalue weighted by Gasteiger charge is 2.31. The summed E-state index contributed by atoms with van der Waals surface area (Å²) in [5.41, 5.74) is -1.23. The number of carbonyl (C=O) groups is 1. The van der Waals surface area contributed by atoms with Gasteiger partial charge < -0.3 is 5.32 Å². The Labute approximate surface area is 171 Å². The Morgan fingerprint density at radius 3 is 2.41 bits per heavy atom. The van der Waals surface area contributed by atoms with Gasteiger partial charge in [0, 0.05) is 11.7 Å². The molecule has 0 aromatic heterocycles. The molecule has 0 heterocycles. The highest BCUT2D eigenvalue weighted by Crippen LogP contribution is 2.31. The van der Waals surface area contributed by atoms with Gasteiger partial charge in [-0.2, -0.15) is 13.2 Å². The van der Waals surface area contributed by atoms with Crippen LogP contribution in [0.15, 0.2) is 47.4 Å². The second kappa shape index (κ2) is 8.23. The molecular formula is C19H18ClF3N2O3S. The number of carbonyl (C=O) groups excluding carboxylic acids is 1. The van der Waals surface area contributed by atoms with Crippen LogP contribution in [0.3, 0.4) is 0 Å².